The van der Waals surface area contributed by atoms with Gasteiger partial charge in [-0.15, -0.1) is 0 Å². The molecule has 0 atom stereocenters. The van der Waals surface area contributed by atoms with Crippen molar-refractivity contribution in [3.63, 3.8) is 0 Å². The third-order valence-electron chi connectivity index (χ3n) is 8.11. The molecule has 37 heavy (non-hydrogen) atoms. The van der Waals surface area contributed by atoms with Crippen molar-refractivity contribution in [2.24, 2.45) is 5.92 Å². The number of piperidine rings is 1. The molecule has 2 aliphatic rings. The zero-order valence-electron chi connectivity index (χ0n) is 21.9. The lowest BCUT2D eigenvalue weighted by Gasteiger charge is -2.36. The van der Waals surface area contributed by atoms with Crippen LogP contribution in [0, 0.1) is 5.92 Å². The van der Waals surface area contributed by atoms with Gasteiger partial charge >= 0.3 is 0 Å². The fourth-order valence-corrected chi connectivity index (χ4v) is 6.01. The number of Topliss-reactive ketones (excluding diaryl/α,β-unsaturated/α-hetero) is 1. The molecule has 4 heteroatoms. The summed E-state index contributed by atoms with van der Waals surface area (Å²) in [7, 11) is 0. The minimum atomic E-state index is 0.265. The number of unbranched alkanes of at least 4 members (excludes halogenated alkanes) is 1. The van der Waals surface area contributed by atoms with Crippen molar-refractivity contribution < 1.29 is 9.53 Å². The number of likely N-dealkylation sites (tertiary alicyclic amines) is 1. The second-order valence-corrected chi connectivity index (χ2v) is 10.5. The average molecular weight is 497 g/mol. The van der Waals surface area contributed by atoms with Gasteiger partial charge in [0.15, 0.2) is 5.78 Å². The molecule has 2 heterocycles. The third-order valence-corrected chi connectivity index (χ3v) is 8.11. The molecule has 5 rings (SSSR count). The topological polar surface area (TPSA) is 32.8 Å². The van der Waals surface area contributed by atoms with Crippen LogP contribution in [0.15, 0.2) is 84.9 Å². The summed E-state index contributed by atoms with van der Waals surface area (Å²) < 4.78 is 5.43. The molecule has 0 radical (unpaired) electrons. The van der Waals surface area contributed by atoms with Crippen LogP contribution in [-0.2, 0) is 4.74 Å². The van der Waals surface area contributed by atoms with Crippen LogP contribution in [0.3, 0.4) is 0 Å². The number of carbonyl (C=O) groups is 1. The Morgan fingerprint density at radius 3 is 1.95 bits per heavy atom. The highest BCUT2D eigenvalue weighted by Gasteiger charge is 2.28. The number of anilines is 1. The highest BCUT2D eigenvalue weighted by Crippen LogP contribution is 2.38. The van der Waals surface area contributed by atoms with E-state index in [0.29, 0.717) is 18.3 Å². The van der Waals surface area contributed by atoms with Gasteiger partial charge in [-0.3, -0.25) is 4.79 Å². The van der Waals surface area contributed by atoms with Crippen molar-refractivity contribution in [2.45, 2.75) is 38.0 Å². The maximum Gasteiger partial charge on any atom is 0.162 e. The summed E-state index contributed by atoms with van der Waals surface area (Å²) in [5.74, 6) is 1.40. The number of ketones is 1. The summed E-state index contributed by atoms with van der Waals surface area (Å²) in [6.07, 6.45) is 5.13. The standard InChI is InChI=1S/C33H40N2O2/c36-32(27-14-16-31(17-15-27)35-23-25-37-26-24-35)13-7-8-20-34-21-18-30(19-22-34)33(28-9-3-1-4-10-28)29-11-5-2-6-12-29/h1-6,9-12,14-17,30,33H,7-8,13,18-26H2. The van der Waals surface area contributed by atoms with E-state index in [4.69, 9.17) is 4.74 Å². The fourth-order valence-electron chi connectivity index (χ4n) is 6.01. The molecule has 0 unspecified atom stereocenters. The van der Waals surface area contributed by atoms with Crippen molar-refractivity contribution >= 4 is 11.5 Å². The summed E-state index contributed by atoms with van der Waals surface area (Å²) in [5, 5.41) is 0. The van der Waals surface area contributed by atoms with Gasteiger partial charge in [-0.05, 0) is 86.6 Å². The maximum absolute atomic E-state index is 12.7. The highest BCUT2D eigenvalue weighted by atomic mass is 16.5. The molecule has 0 amide bonds. The SMILES string of the molecule is O=C(CCCCN1CCC(C(c2ccccc2)c2ccccc2)CC1)c1ccc(N2CCOCC2)cc1. The first-order valence-electron chi connectivity index (χ1n) is 14.1. The van der Waals surface area contributed by atoms with Gasteiger partial charge in [-0.1, -0.05) is 60.7 Å². The maximum atomic E-state index is 12.7. The predicted octanol–water partition coefficient (Wildman–Crippen LogP) is 6.42. The highest BCUT2D eigenvalue weighted by molar-refractivity contribution is 5.96. The van der Waals surface area contributed by atoms with Crippen molar-refractivity contribution in [1.82, 2.24) is 4.90 Å². The summed E-state index contributed by atoms with van der Waals surface area (Å²) in [4.78, 5) is 17.6. The van der Waals surface area contributed by atoms with E-state index < -0.39 is 0 Å². The lowest BCUT2D eigenvalue weighted by atomic mass is 9.76. The Morgan fingerprint density at radius 1 is 0.757 bits per heavy atom. The Balaban J connectivity index is 1.06. The number of hydrogen-bond donors (Lipinski definition) is 0. The first-order valence-corrected chi connectivity index (χ1v) is 14.1. The molecule has 0 N–H and O–H groups in total. The Morgan fingerprint density at radius 2 is 1.35 bits per heavy atom. The van der Waals surface area contributed by atoms with E-state index in [0.717, 1.165) is 64.3 Å². The zero-order chi connectivity index (χ0) is 25.3. The largest absolute Gasteiger partial charge is 0.378 e. The lowest BCUT2D eigenvalue weighted by Crippen LogP contribution is -2.36. The van der Waals surface area contributed by atoms with Crippen molar-refractivity contribution in [1.29, 1.82) is 0 Å². The van der Waals surface area contributed by atoms with E-state index in [2.05, 4.69) is 82.6 Å². The van der Waals surface area contributed by atoms with Crippen LogP contribution in [0.1, 0.15) is 59.5 Å². The molecule has 2 fully saturated rings. The third kappa shape index (κ3) is 6.88. The number of hydrogen-bond acceptors (Lipinski definition) is 4. The first-order chi connectivity index (χ1) is 18.3. The summed E-state index contributed by atoms with van der Waals surface area (Å²) in [5.41, 5.74) is 4.89. The van der Waals surface area contributed by atoms with Crippen LogP contribution >= 0.6 is 0 Å². The minimum absolute atomic E-state index is 0.265. The Kier molecular flexibility index (Phi) is 9.04. The average Bonchev–Trinajstić information content (AvgIpc) is 2.98. The van der Waals surface area contributed by atoms with Gasteiger partial charge in [0, 0.05) is 36.7 Å². The normalized spacial score (nSPS) is 17.3. The van der Waals surface area contributed by atoms with Crippen LogP contribution in [0.25, 0.3) is 0 Å². The van der Waals surface area contributed by atoms with E-state index in [1.807, 2.05) is 12.1 Å². The van der Waals surface area contributed by atoms with Gasteiger partial charge in [-0.2, -0.15) is 0 Å². The number of ether oxygens (including phenoxy) is 1. The smallest absolute Gasteiger partial charge is 0.162 e. The predicted molar refractivity (Wildman–Crippen MR) is 152 cm³/mol. The van der Waals surface area contributed by atoms with E-state index in [9.17, 15) is 4.79 Å². The van der Waals surface area contributed by atoms with E-state index in [-0.39, 0.29) is 5.78 Å². The van der Waals surface area contributed by atoms with Gasteiger partial charge in [0.05, 0.1) is 13.2 Å². The first kappa shape index (κ1) is 25.7. The second kappa shape index (κ2) is 13.0. The van der Waals surface area contributed by atoms with Crippen LogP contribution in [0.2, 0.25) is 0 Å². The van der Waals surface area contributed by atoms with Gasteiger partial charge in [0.1, 0.15) is 0 Å². The molecule has 2 aliphatic heterocycles. The second-order valence-electron chi connectivity index (χ2n) is 10.5. The Labute approximate surface area is 222 Å². The molecule has 0 spiro atoms. The lowest BCUT2D eigenvalue weighted by molar-refractivity contribution is 0.0976. The molecule has 0 saturated carbocycles. The quantitative estimate of drug-likeness (QED) is 0.239. The summed E-state index contributed by atoms with van der Waals surface area (Å²) in [6.45, 7) is 6.79. The molecule has 0 bridgehead atoms. The van der Waals surface area contributed by atoms with Crippen molar-refractivity contribution in [2.75, 3.05) is 50.8 Å². The monoisotopic (exact) mass is 496 g/mol. The van der Waals surface area contributed by atoms with Crippen LogP contribution < -0.4 is 4.90 Å². The number of benzene rings is 3. The number of morpholine rings is 1. The van der Waals surface area contributed by atoms with Gasteiger partial charge in [0.25, 0.3) is 0 Å². The van der Waals surface area contributed by atoms with E-state index >= 15 is 0 Å². The van der Waals surface area contributed by atoms with Crippen LogP contribution in [0.4, 0.5) is 5.69 Å². The molecule has 194 valence electrons. The molecule has 2 saturated heterocycles. The molecule has 3 aromatic carbocycles. The Hall–Kier alpha value is -2.95. The zero-order valence-corrected chi connectivity index (χ0v) is 21.9. The Bertz CT molecular complexity index is 1050. The van der Waals surface area contributed by atoms with Crippen molar-refractivity contribution in [3.05, 3.63) is 102 Å². The molecule has 0 aliphatic carbocycles. The van der Waals surface area contributed by atoms with Gasteiger partial charge in [0.2, 0.25) is 0 Å². The molecule has 3 aromatic rings. The van der Waals surface area contributed by atoms with Crippen LogP contribution in [0.5, 0.6) is 0 Å². The van der Waals surface area contributed by atoms with E-state index in [1.165, 1.54) is 29.7 Å². The summed E-state index contributed by atoms with van der Waals surface area (Å²) in [6, 6.07) is 30.2. The van der Waals surface area contributed by atoms with E-state index in [1.54, 1.807) is 0 Å². The minimum Gasteiger partial charge on any atom is -0.378 e. The van der Waals surface area contributed by atoms with Gasteiger partial charge < -0.3 is 14.5 Å². The fraction of sp³-hybridized carbons (Fsp3) is 0.424. The summed E-state index contributed by atoms with van der Waals surface area (Å²) >= 11 is 0. The molecule has 0 aromatic heterocycles. The van der Waals surface area contributed by atoms with Gasteiger partial charge in [-0.25, -0.2) is 0 Å². The molecular weight excluding hydrogens is 456 g/mol. The molecular formula is C33H40N2O2. The van der Waals surface area contributed by atoms with Crippen LogP contribution in [-0.4, -0.2) is 56.6 Å². The number of nitrogens with zero attached hydrogens (tertiary/aromatic N) is 2. The number of carbonyl (C=O) groups excluding carboxylic acids is 1. The van der Waals surface area contributed by atoms with Crippen molar-refractivity contribution in [3.8, 4) is 0 Å². The molecule has 4 nitrogen and oxygen atoms in total. The number of rotatable bonds is 10.